The van der Waals surface area contributed by atoms with Gasteiger partial charge in [-0.25, -0.2) is 4.39 Å². The number of likely N-dealkylation sites (tertiary alicyclic amines) is 1. The standard InChI is InChI=1S/C22H23FN4O2.C7H8N2O.C7H5N.ClH/c23-18-10-5-4-9-16(18)13-17(24)14-20(28)27-12-6-11-19(27)22-25-21(26-29-22)15-7-2-1-3-8-15;8-7(9-10)6-4-2-1-3-5-6;8-6-7-4-2-1-3-5-7;/h1-5,7-10,17,19H,6,11-14,24H2;1-5,10H,(H2,8,9);1-5H;1H/t17-,19+;;;/m1.../s1. The van der Waals surface area contributed by atoms with E-state index in [-0.39, 0.29) is 42.4 Å². The van der Waals surface area contributed by atoms with E-state index in [0.29, 0.717) is 35.8 Å². The van der Waals surface area contributed by atoms with Crippen LogP contribution in [-0.4, -0.2) is 44.6 Å². The molecule has 6 rings (SSSR count). The number of amidine groups is 1. The van der Waals surface area contributed by atoms with Crippen LogP contribution in [0.4, 0.5) is 4.39 Å². The number of carbonyl (C=O) groups excluding carboxylic acids is 1. The summed E-state index contributed by atoms with van der Waals surface area (Å²) in [5.41, 5.74) is 14.3. The average Bonchev–Trinajstić information content (AvgIpc) is 3.81. The maximum atomic E-state index is 13.8. The van der Waals surface area contributed by atoms with Gasteiger partial charge in [-0.05, 0) is 43.0 Å². The lowest BCUT2D eigenvalue weighted by molar-refractivity contribution is -0.132. The Kier molecular flexibility index (Phi) is 14.7. The number of halogens is 2. The number of rotatable bonds is 7. The van der Waals surface area contributed by atoms with Crippen LogP contribution in [0.2, 0.25) is 0 Å². The van der Waals surface area contributed by atoms with Crippen LogP contribution in [0.15, 0.2) is 125 Å². The molecule has 5 aromatic rings. The van der Waals surface area contributed by atoms with Crippen LogP contribution < -0.4 is 11.5 Å². The van der Waals surface area contributed by atoms with Gasteiger partial charge >= 0.3 is 0 Å². The number of nitriles is 1. The highest BCUT2D eigenvalue weighted by atomic mass is 35.5. The molecule has 1 aromatic heterocycles. The first-order chi connectivity index (χ1) is 22.9. The van der Waals surface area contributed by atoms with Crippen LogP contribution in [0.25, 0.3) is 11.4 Å². The molecular weight excluding hydrogens is 633 g/mol. The highest BCUT2D eigenvalue weighted by molar-refractivity contribution is 5.96. The zero-order valence-corrected chi connectivity index (χ0v) is 26.9. The van der Waals surface area contributed by atoms with Crippen molar-refractivity contribution in [2.75, 3.05) is 6.54 Å². The smallest absolute Gasteiger partial charge is 0.249 e. The van der Waals surface area contributed by atoms with E-state index >= 15 is 0 Å². The van der Waals surface area contributed by atoms with Crippen LogP contribution in [0.1, 0.15) is 47.9 Å². The number of amides is 1. The molecule has 1 saturated heterocycles. The molecule has 5 N–H and O–H groups in total. The summed E-state index contributed by atoms with van der Waals surface area (Å²) in [5, 5.41) is 23.5. The number of carbonyl (C=O) groups is 1. The largest absolute Gasteiger partial charge is 0.409 e. The molecule has 1 fully saturated rings. The molecule has 0 radical (unpaired) electrons. The van der Waals surface area contributed by atoms with Gasteiger partial charge in [0.05, 0.1) is 11.6 Å². The van der Waals surface area contributed by atoms with E-state index in [9.17, 15) is 9.18 Å². The molecule has 2 heterocycles. The molecule has 12 heteroatoms. The number of hydrogen-bond donors (Lipinski definition) is 3. The zero-order chi connectivity index (χ0) is 33.4. The fraction of sp³-hybridized carbons (Fsp3) is 0.194. The summed E-state index contributed by atoms with van der Waals surface area (Å²) in [7, 11) is 0. The van der Waals surface area contributed by atoms with Gasteiger partial charge in [-0.15, -0.1) is 12.4 Å². The van der Waals surface area contributed by atoms with Crippen molar-refractivity contribution in [1.82, 2.24) is 15.0 Å². The third-order valence-corrected chi connectivity index (χ3v) is 7.29. The van der Waals surface area contributed by atoms with Gasteiger partial charge in [-0.1, -0.05) is 107 Å². The second-order valence-corrected chi connectivity index (χ2v) is 10.7. The zero-order valence-electron chi connectivity index (χ0n) is 26.1. The van der Waals surface area contributed by atoms with Gasteiger partial charge in [0.1, 0.15) is 11.9 Å². The van der Waals surface area contributed by atoms with E-state index in [1.54, 1.807) is 47.4 Å². The Labute approximate surface area is 284 Å². The lowest BCUT2D eigenvalue weighted by Crippen LogP contribution is -2.36. The Bertz CT molecular complexity index is 1770. The number of oxime groups is 1. The first-order valence-corrected chi connectivity index (χ1v) is 15.0. The van der Waals surface area contributed by atoms with Crippen LogP contribution in [0.5, 0.6) is 0 Å². The van der Waals surface area contributed by atoms with Crippen molar-refractivity contribution in [2.45, 2.75) is 37.8 Å². The van der Waals surface area contributed by atoms with Crippen molar-refractivity contribution in [3.05, 3.63) is 144 Å². The van der Waals surface area contributed by atoms with Gasteiger partial charge in [-0.2, -0.15) is 10.2 Å². The summed E-state index contributed by atoms with van der Waals surface area (Å²) in [6.07, 6.45) is 2.09. The first-order valence-electron chi connectivity index (χ1n) is 15.0. The molecule has 2 atom stereocenters. The molecule has 1 aliphatic heterocycles. The molecule has 0 saturated carbocycles. The Morgan fingerprint density at radius 1 is 1.00 bits per heavy atom. The predicted octanol–water partition coefficient (Wildman–Crippen LogP) is 6.26. The molecular formula is C36H37ClFN7O3. The van der Waals surface area contributed by atoms with E-state index in [1.807, 2.05) is 72.8 Å². The number of hydrogen-bond acceptors (Lipinski definition) is 8. The predicted molar refractivity (Wildman–Crippen MR) is 183 cm³/mol. The minimum atomic E-state index is -0.455. The van der Waals surface area contributed by atoms with Gasteiger partial charge in [0.25, 0.3) is 0 Å². The van der Waals surface area contributed by atoms with E-state index < -0.39 is 6.04 Å². The third-order valence-electron chi connectivity index (χ3n) is 7.29. The number of nitrogens with two attached hydrogens (primary N) is 2. The van der Waals surface area contributed by atoms with Gasteiger partial charge in [0.15, 0.2) is 5.84 Å². The molecule has 1 amide bonds. The van der Waals surface area contributed by atoms with Crippen LogP contribution in [-0.2, 0) is 11.2 Å². The maximum Gasteiger partial charge on any atom is 0.249 e. The lowest BCUT2D eigenvalue weighted by atomic mass is 10.0. The molecule has 48 heavy (non-hydrogen) atoms. The Morgan fingerprint density at radius 3 is 2.21 bits per heavy atom. The molecule has 10 nitrogen and oxygen atoms in total. The summed E-state index contributed by atoms with van der Waals surface area (Å²) < 4.78 is 19.3. The second-order valence-electron chi connectivity index (χ2n) is 10.7. The average molecular weight is 670 g/mol. The lowest BCUT2D eigenvalue weighted by Gasteiger charge is -2.23. The number of nitrogens with zero attached hydrogens (tertiary/aromatic N) is 5. The SMILES string of the molecule is Cl.N#Cc1ccccc1.N/C(=N\O)c1ccccc1.N[C@@H](CC(=O)N1CCC[C@H]1c1nc(-c2ccccc2)no1)Cc1ccccc1F. The number of benzene rings is 4. The van der Waals surface area contributed by atoms with Crippen molar-refractivity contribution in [1.29, 1.82) is 5.26 Å². The Hall–Kier alpha value is -5.57. The van der Waals surface area contributed by atoms with Crippen molar-refractivity contribution in [2.24, 2.45) is 16.6 Å². The normalized spacial score (nSPS) is 14.2. The topological polar surface area (TPSA) is 168 Å². The molecule has 0 spiro atoms. The fourth-order valence-electron chi connectivity index (χ4n) is 4.94. The third kappa shape index (κ3) is 10.8. The monoisotopic (exact) mass is 669 g/mol. The van der Waals surface area contributed by atoms with Crippen LogP contribution >= 0.6 is 12.4 Å². The molecule has 1 aliphatic rings. The van der Waals surface area contributed by atoms with Gasteiger partial charge in [0, 0.05) is 30.1 Å². The highest BCUT2D eigenvalue weighted by Crippen LogP contribution is 2.32. The fourth-order valence-corrected chi connectivity index (χ4v) is 4.94. The second kappa shape index (κ2) is 19.2. The molecule has 0 unspecified atom stereocenters. The van der Waals surface area contributed by atoms with E-state index in [2.05, 4.69) is 15.3 Å². The summed E-state index contributed by atoms with van der Waals surface area (Å²) >= 11 is 0. The summed E-state index contributed by atoms with van der Waals surface area (Å²) in [5.74, 6) is 0.721. The van der Waals surface area contributed by atoms with Crippen LogP contribution in [0, 0.1) is 17.1 Å². The van der Waals surface area contributed by atoms with E-state index in [0.717, 1.165) is 24.0 Å². The van der Waals surface area contributed by atoms with Gasteiger partial charge in [-0.3, -0.25) is 4.79 Å². The summed E-state index contributed by atoms with van der Waals surface area (Å²) in [6.45, 7) is 0.624. The van der Waals surface area contributed by atoms with E-state index in [4.69, 9.17) is 26.5 Å². The van der Waals surface area contributed by atoms with Crippen molar-refractivity contribution in [3.63, 3.8) is 0 Å². The van der Waals surface area contributed by atoms with Gasteiger partial charge < -0.3 is 26.1 Å². The highest BCUT2D eigenvalue weighted by Gasteiger charge is 2.34. The maximum absolute atomic E-state index is 13.8. The molecule has 0 bridgehead atoms. The summed E-state index contributed by atoms with van der Waals surface area (Å²) in [4.78, 5) is 19.1. The van der Waals surface area contributed by atoms with E-state index in [1.165, 1.54) is 6.07 Å². The van der Waals surface area contributed by atoms with Crippen molar-refractivity contribution >= 4 is 24.1 Å². The quantitative estimate of drug-likeness (QED) is 0.0790. The Morgan fingerprint density at radius 2 is 1.60 bits per heavy atom. The van der Waals surface area contributed by atoms with Crippen LogP contribution in [0.3, 0.4) is 0 Å². The minimum absolute atomic E-state index is 0. The Balaban J connectivity index is 0.000000268. The molecule has 4 aromatic carbocycles. The van der Waals surface area contributed by atoms with Crippen molar-refractivity contribution in [3.8, 4) is 17.5 Å². The van der Waals surface area contributed by atoms with Gasteiger partial charge in [0.2, 0.25) is 17.6 Å². The minimum Gasteiger partial charge on any atom is -0.409 e. The van der Waals surface area contributed by atoms with Crippen molar-refractivity contribution < 1.29 is 18.9 Å². The summed E-state index contributed by atoms with van der Waals surface area (Å²) in [6, 6.07) is 35.6. The first kappa shape index (κ1) is 36.9. The molecule has 248 valence electrons. The molecule has 0 aliphatic carbocycles. The number of aromatic nitrogens is 2.